The first-order chi connectivity index (χ1) is 6.79. The van der Waals surface area contributed by atoms with Crippen LogP contribution >= 0.6 is 0 Å². The van der Waals surface area contributed by atoms with Gasteiger partial charge in [-0.1, -0.05) is 25.7 Å². The van der Waals surface area contributed by atoms with Crippen molar-refractivity contribution in [1.82, 2.24) is 0 Å². The van der Waals surface area contributed by atoms with Gasteiger partial charge in [-0.05, 0) is 31.6 Å². The van der Waals surface area contributed by atoms with Gasteiger partial charge >= 0.3 is 0 Å². The molecular weight excluding hydrogens is 170 g/mol. The first-order valence-corrected chi connectivity index (χ1v) is 6.62. The minimum absolute atomic E-state index is 1.09. The number of hydrogen-bond donors (Lipinski definition) is 0. The zero-order valence-corrected chi connectivity index (χ0v) is 9.80. The van der Waals surface area contributed by atoms with Gasteiger partial charge in [-0.15, -0.1) is 0 Å². The molecule has 2 aliphatic rings. The number of likely N-dealkylation sites (tertiary alicyclic amines) is 1. The van der Waals surface area contributed by atoms with Crippen molar-refractivity contribution in [2.24, 2.45) is 5.92 Å². The summed E-state index contributed by atoms with van der Waals surface area (Å²) in [6.07, 6.45) is 12.0. The van der Waals surface area contributed by atoms with E-state index in [1.165, 1.54) is 75.5 Å². The van der Waals surface area contributed by atoms with Crippen LogP contribution in [-0.4, -0.2) is 31.2 Å². The molecular formula is C13H26N+. The molecule has 1 nitrogen and oxygen atoms in total. The van der Waals surface area contributed by atoms with E-state index in [0.29, 0.717) is 0 Å². The van der Waals surface area contributed by atoms with Crippen LogP contribution in [0, 0.1) is 5.92 Å². The number of piperidine rings is 1. The summed E-state index contributed by atoms with van der Waals surface area (Å²) in [4.78, 5) is 0. The van der Waals surface area contributed by atoms with Crippen molar-refractivity contribution in [3.63, 3.8) is 0 Å². The average molecular weight is 196 g/mol. The van der Waals surface area contributed by atoms with Crippen LogP contribution in [0.5, 0.6) is 0 Å². The van der Waals surface area contributed by atoms with Crippen molar-refractivity contribution >= 4 is 0 Å². The SMILES string of the molecule is C[N+]1(CCC2CCCC2)CCCCC1. The van der Waals surface area contributed by atoms with Crippen LogP contribution in [-0.2, 0) is 0 Å². The fourth-order valence-corrected chi connectivity index (χ4v) is 3.29. The highest BCUT2D eigenvalue weighted by Gasteiger charge is 2.26. The van der Waals surface area contributed by atoms with E-state index in [1.807, 2.05) is 0 Å². The Morgan fingerprint density at radius 2 is 1.57 bits per heavy atom. The third kappa shape index (κ3) is 2.73. The third-order valence-electron chi connectivity index (χ3n) is 4.45. The van der Waals surface area contributed by atoms with Gasteiger partial charge in [0.05, 0.1) is 26.7 Å². The molecule has 0 amide bonds. The molecule has 82 valence electrons. The molecule has 1 aliphatic carbocycles. The minimum Gasteiger partial charge on any atom is -0.326 e. The Labute approximate surface area is 89.1 Å². The summed E-state index contributed by atoms with van der Waals surface area (Å²) in [5.74, 6) is 1.09. The van der Waals surface area contributed by atoms with Crippen molar-refractivity contribution < 1.29 is 4.48 Å². The summed E-state index contributed by atoms with van der Waals surface area (Å²) in [5.41, 5.74) is 0. The van der Waals surface area contributed by atoms with E-state index in [1.54, 1.807) is 0 Å². The summed E-state index contributed by atoms with van der Waals surface area (Å²) in [7, 11) is 2.48. The molecule has 1 saturated carbocycles. The second-order valence-corrected chi connectivity index (χ2v) is 5.79. The largest absolute Gasteiger partial charge is 0.326 e. The van der Waals surface area contributed by atoms with Crippen LogP contribution in [0.3, 0.4) is 0 Å². The Hall–Kier alpha value is -0.0400. The second-order valence-electron chi connectivity index (χ2n) is 5.79. The van der Waals surface area contributed by atoms with Gasteiger partial charge in [0.25, 0.3) is 0 Å². The van der Waals surface area contributed by atoms with Crippen molar-refractivity contribution in [3.8, 4) is 0 Å². The molecule has 0 aromatic carbocycles. The lowest BCUT2D eigenvalue weighted by Crippen LogP contribution is -2.48. The zero-order valence-electron chi connectivity index (χ0n) is 9.80. The van der Waals surface area contributed by atoms with Crippen LogP contribution in [0.4, 0.5) is 0 Å². The van der Waals surface area contributed by atoms with E-state index < -0.39 is 0 Å². The lowest BCUT2D eigenvalue weighted by atomic mass is 10.0. The second kappa shape index (κ2) is 4.65. The number of nitrogens with zero attached hydrogens (tertiary/aromatic N) is 1. The fraction of sp³-hybridized carbons (Fsp3) is 1.00. The van der Waals surface area contributed by atoms with Crippen LogP contribution in [0.15, 0.2) is 0 Å². The van der Waals surface area contributed by atoms with Gasteiger partial charge in [-0.25, -0.2) is 0 Å². The summed E-state index contributed by atoms with van der Waals surface area (Å²) in [6.45, 7) is 4.37. The molecule has 0 aromatic heterocycles. The quantitative estimate of drug-likeness (QED) is 0.608. The van der Waals surface area contributed by atoms with Gasteiger partial charge < -0.3 is 4.48 Å². The Morgan fingerprint density at radius 1 is 0.929 bits per heavy atom. The average Bonchev–Trinajstić information content (AvgIpc) is 2.69. The van der Waals surface area contributed by atoms with Gasteiger partial charge in [0.1, 0.15) is 0 Å². The van der Waals surface area contributed by atoms with E-state index in [-0.39, 0.29) is 0 Å². The lowest BCUT2D eigenvalue weighted by molar-refractivity contribution is -0.914. The van der Waals surface area contributed by atoms with Crippen LogP contribution < -0.4 is 0 Å². The summed E-state index contributed by atoms with van der Waals surface area (Å²) in [6, 6.07) is 0. The minimum atomic E-state index is 1.09. The van der Waals surface area contributed by atoms with E-state index >= 15 is 0 Å². The van der Waals surface area contributed by atoms with Crippen LogP contribution in [0.1, 0.15) is 51.4 Å². The third-order valence-corrected chi connectivity index (χ3v) is 4.45. The summed E-state index contributed by atoms with van der Waals surface area (Å²) < 4.78 is 1.39. The van der Waals surface area contributed by atoms with E-state index in [9.17, 15) is 0 Å². The Balaban J connectivity index is 1.72. The highest BCUT2D eigenvalue weighted by atomic mass is 15.3. The standard InChI is InChI=1S/C13H26N/c1-14(10-5-2-6-11-14)12-9-13-7-3-4-8-13/h13H,2-12H2,1H3/q+1. The zero-order chi connectivity index (χ0) is 9.86. The molecule has 1 aliphatic heterocycles. The van der Waals surface area contributed by atoms with Gasteiger partial charge in [-0.3, -0.25) is 0 Å². The Morgan fingerprint density at radius 3 is 2.21 bits per heavy atom. The molecule has 1 heteroatoms. The first-order valence-electron chi connectivity index (χ1n) is 6.62. The molecule has 0 atom stereocenters. The van der Waals surface area contributed by atoms with Crippen molar-refractivity contribution in [3.05, 3.63) is 0 Å². The molecule has 1 heterocycles. The Bertz CT molecular complexity index is 164. The van der Waals surface area contributed by atoms with Gasteiger partial charge in [-0.2, -0.15) is 0 Å². The number of rotatable bonds is 3. The van der Waals surface area contributed by atoms with Gasteiger partial charge in [0, 0.05) is 0 Å². The maximum Gasteiger partial charge on any atom is 0.0787 e. The van der Waals surface area contributed by atoms with E-state index in [0.717, 1.165) is 5.92 Å². The molecule has 14 heavy (non-hydrogen) atoms. The maximum atomic E-state index is 2.48. The topological polar surface area (TPSA) is 0 Å². The molecule has 0 N–H and O–H groups in total. The fourth-order valence-electron chi connectivity index (χ4n) is 3.29. The van der Waals surface area contributed by atoms with Crippen molar-refractivity contribution in [1.29, 1.82) is 0 Å². The molecule has 2 rings (SSSR count). The monoisotopic (exact) mass is 196 g/mol. The van der Waals surface area contributed by atoms with Crippen LogP contribution in [0.25, 0.3) is 0 Å². The number of hydrogen-bond acceptors (Lipinski definition) is 0. The van der Waals surface area contributed by atoms with Crippen molar-refractivity contribution in [2.75, 3.05) is 26.7 Å². The molecule has 0 spiro atoms. The molecule has 1 saturated heterocycles. The lowest BCUT2D eigenvalue weighted by Gasteiger charge is -2.38. The van der Waals surface area contributed by atoms with E-state index in [4.69, 9.17) is 0 Å². The predicted octanol–water partition coefficient (Wildman–Crippen LogP) is 3.20. The molecule has 0 aromatic rings. The van der Waals surface area contributed by atoms with E-state index in [2.05, 4.69) is 7.05 Å². The first kappa shape index (κ1) is 10.5. The molecule has 0 radical (unpaired) electrons. The smallest absolute Gasteiger partial charge is 0.0787 e. The molecule has 0 bridgehead atoms. The summed E-state index contributed by atoms with van der Waals surface area (Å²) >= 11 is 0. The maximum absolute atomic E-state index is 2.48. The van der Waals surface area contributed by atoms with Gasteiger partial charge in [0.15, 0.2) is 0 Å². The van der Waals surface area contributed by atoms with Crippen LogP contribution in [0.2, 0.25) is 0 Å². The Kier molecular flexibility index (Phi) is 3.48. The highest BCUT2D eigenvalue weighted by Crippen LogP contribution is 2.29. The van der Waals surface area contributed by atoms with Gasteiger partial charge in [0.2, 0.25) is 0 Å². The molecule has 2 fully saturated rings. The summed E-state index contributed by atoms with van der Waals surface area (Å²) in [5, 5.41) is 0. The number of quaternary nitrogens is 1. The normalized spacial score (nSPS) is 28.1. The molecule has 0 unspecified atom stereocenters. The highest BCUT2D eigenvalue weighted by molar-refractivity contribution is 4.67. The predicted molar refractivity (Wildman–Crippen MR) is 61.2 cm³/mol. The van der Waals surface area contributed by atoms with Crippen molar-refractivity contribution in [2.45, 2.75) is 51.4 Å².